The Hall–Kier alpha value is -4.31. The van der Waals surface area contributed by atoms with Crippen molar-refractivity contribution >= 4 is 28.3 Å². The molecule has 1 fully saturated rings. The molecule has 9 nitrogen and oxygen atoms in total. The van der Waals surface area contributed by atoms with Crippen molar-refractivity contribution in [2.75, 3.05) is 25.6 Å². The first-order chi connectivity index (χ1) is 20.5. The first kappa shape index (κ1) is 30.2. The number of nitrogens with zero attached hydrogens (tertiary/aromatic N) is 3. The standard InChI is InChI=1S/C33H37FN4O5/c1-20(39)36-28-18-25-27(19-31(28)42-13-12-41-5)35-11-10-29(25)43-30-9-6-21(15-26(30)34)14-24(40)16-23-17-32(33(2,3)4)37-38(23)22-7-8-22/h6,9-11,15,17-19,22H,7-8,12-14,16H2,1-5H3,(H,36,39). The SMILES string of the molecule is COCCOc1cc2nccc(Oc3ccc(CC(=O)Cc4cc(C(C)(C)C)nn4C4CC4)cc3F)c2cc1NC(C)=O. The zero-order valence-electron chi connectivity index (χ0n) is 25.2. The van der Waals surface area contributed by atoms with Crippen LogP contribution >= 0.6 is 0 Å². The van der Waals surface area contributed by atoms with E-state index in [0.717, 1.165) is 24.2 Å². The predicted molar refractivity (Wildman–Crippen MR) is 162 cm³/mol. The number of Topliss-reactive ketones (excluding diaryl/α,β-unsaturated/α-hetero) is 1. The van der Waals surface area contributed by atoms with Gasteiger partial charge < -0.3 is 19.5 Å². The maximum atomic E-state index is 15.3. The quantitative estimate of drug-likeness (QED) is 0.193. The van der Waals surface area contributed by atoms with Gasteiger partial charge in [-0.25, -0.2) is 4.39 Å². The van der Waals surface area contributed by atoms with Crippen LogP contribution in [0.15, 0.2) is 48.7 Å². The van der Waals surface area contributed by atoms with Crippen LogP contribution in [0.4, 0.5) is 10.1 Å². The summed E-state index contributed by atoms with van der Waals surface area (Å²) in [5.74, 6) is -0.0819. The van der Waals surface area contributed by atoms with E-state index in [1.165, 1.54) is 19.1 Å². The number of fused-ring (bicyclic) bond motifs is 1. The molecule has 0 radical (unpaired) electrons. The molecule has 226 valence electrons. The monoisotopic (exact) mass is 588 g/mol. The summed E-state index contributed by atoms with van der Waals surface area (Å²) in [6.45, 7) is 8.38. The second kappa shape index (κ2) is 12.5. The largest absolute Gasteiger partial charge is 0.489 e. The molecule has 5 rings (SSSR count). The Morgan fingerprint density at radius 2 is 1.81 bits per heavy atom. The number of aromatic nitrogens is 3. The molecule has 0 spiro atoms. The van der Waals surface area contributed by atoms with Crippen molar-refractivity contribution in [2.24, 2.45) is 0 Å². The van der Waals surface area contributed by atoms with E-state index in [2.05, 4.69) is 31.1 Å². The van der Waals surface area contributed by atoms with E-state index in [4.69, 9.17) is 19.3 Å². The van der Waals surface area contributed by atoms with Gasteiger partial charge in [0.15, 0.2) is 11.6 Å². The van der Waals surface area contributed by atoms with E-state index >= 15 is 4.39 Å². The van der Waals surface area contributed by atoms with E-state index in [1.807, 2.05) is 10.7 Å². The number of ether oxygens (including phenoxy) is 3. The van der Waals surface area contributed by atoms with Gasteiger partial charge in [-0.3, -0.25) is 19.3 Å². The fourth-order valence-corrected chi connectivity index (χ4v) is 4.79. The van der Waals surface area contributed by atoms with Crippen molar-refractivity contribution in [1.29, 1.82) is 0 Å². The lowest BCUT2D eigenvalue weighted by atomic mass is 9.92. The van der Waals surface area contributed by atoms with Crippen LogP contribution in [0.5, 0.6) is 17.2 Å². The lowest BCUT2D eigenvalue weighted by Gasteiger charge is -2.15. The normalized spacial score (nSPS) is 13.3. The molecule has 43 heavy (non-hydrogen) atoms. The van der Waals surface area contributed by atoms with Crippen LogP contribution in [-0.4, -0.2) is 46.8 Å². The molecule has 0 bridgehead atoms. The number of nitrogens with one attached hydrogen (secondary N) is 1. The molecule has 0 saturated heterocycles. The second-order valence-corrected chi connectivity index (χ2v) is 11.9. The third kappa shape index (κ3) is 7.37. The number of carbonyl (C=O) groups excluding carboxylic acids is 2. The number of carbonyl (C=O) groups is 2. The van der Waals surface area contributed by atoms with Gasteiger partial charge in [-0.15, -0.1) is 0 Å². The topological polar surface area (TPSA) is 105 Å². The van der Waals surface area contributed by atoms with Crippen LogP contribution in [0.25, 0.3) is 10.9 Å². The lowest BCUT2D eigenvalue weighted by molar-refractivity contribution is -0.118. The average molecular weight is 589 g/mol. The number of rotatable bonds is 12. The van der Waals surface area contributed by atoms with E-state index in [0.29, 0.717) is 46.3 Å². The summed E-state index contributed by atoms with van der Waals surface area (Å²) in [6, 6.07) is 11.9. The van der Waals surface area contributed by atoms with E-state index in [-0.39, 0.29) is 42.3 Å². The predicted octanol–water partition coefficient (Wildman–Crippen LogP) is 6.33. The molecule has 10 heteroatoms. The zero-order valence-corrected chi connectivity index (χ0v) is 25.2. The summed E-state index contributed by atoms with van der Waals surface area (Å²) in [6.07, 6.45) is 4.04. The number of benzene rings is 2. The second-order valence-electron chi connectivity index (χ2n) is 11.9. The van der Waals surface area contributed by atoms with Gasteiger partial charge in [0, 0.05) is 55.6 Å². The Bertz CT molecular complexity index is 1660. The molecule has 1 aliphatic rings. The summed E-state index contributed by atoms with van der Waals surface area (Å²) in [5, 5.41) is 8.10. The minimum atomic E-state index is -0.588. The zero-order chi connectivity index (χ0) is 30.7. The Balaban J connectivity index is 1.32. The number of ketones is 1. The van der Waals surface area contributed by atoms with Crippen molar-refractivity contribution < 1.29 is 28.2 Å². The van der Waals surface area contributed by atoms with Gasteiger partial charge in [0.25, 0.3) is 0 Å². The highest BCUT2D eigenvalue weighted by Crippen LogP contribution is 2.38. The van der Waals surface area contributed by atoms with Crippen LogP contribution in [0.2, 0.25) is 0 Å². The Kier molecular flexibility index (Phi) is 8.77. The van der Waals surface area contributed by atoms with Gasteiger partial charge in [-0.05, 0) is 48.7 Å². The number of hydrogen-bond donors (Lipinski definition) is 1. The van der Waals surface area contributed by atoms with Crippen LogP contribution in [-0.2, 0) is 32.6 Å². The van der Waals surface area contributed by atoms with Crippen molar-refractivity contribution in [1.82, 2.24) is 14.8 Å². The van der Waals surface area contributed by atoms with Crippen molar-refractivity contribution in [3.05, 3.63) is 71.4 Å². The van der Waals surface area contributed by atoms with Crippen LogP contribution in [0.3, 0.4) is 0 Å². The molecule has 0 unspecified atom stereocenters. The van der Waals surface area contributed by atoms with Crippen molar-refractivity contribution in [2.45, 2.75) is 64.8 Å². The maximum absolute atomic E-state index is 15.3. The van der Waals surface area contributed by atoms with E-state index < -0.39 is 5.82 Å². The first-order valence-corrected chi connectivity index (χ1v) is 14.4. The summed E-state index contributed by atoms with van der Waals surface area (Å²) in [4.78, 5) is 29.3. The summed E-state index contributed by atoms with van der Waals surface area (Å²) >= 11 is 0. The van der Waals surface area contributed by atoms with E-state index in [1.54, 1.807) is 37.6 Å². The number of halogens is 1. The highest BCUT2D eigenvalue weighted by Gasteiger charge is 2.30. The third-order valence-corrected chi connectivity index (χ3v) is 7.13. The van der Waals surface area contributed by atoms with Crippen LogP contribution in [0, 0.1) is 5.82 Å². The smallest absolute Gasteiger partial charge is 0.221 e. The summed E-state index contributed by atoms with van der Waals surface area (Å²) < 4.78 is 34.1. The summed E-state index contributed by atoms with van der Waals surface area (Å²) in [7, 11) is 1.57. The molecule has 1 amide bonds. The molecule has 1 aliphatic carbocycles. The molecule has 0 aliphatic heterocycles. The van der Waals surface area contributed by atoms with Gasteiger partial charge >= 0.3 is 0 Å². The minimum absolute atomic E-state index is 0.00632. The van der Waals surface area contributed by atoms with Gasteiger partial charge in [0.05, 0.1) is 29.5 Å². The van der Waals surface area contributed by atoms with Gasteiger partial charge in [0.2, 0.25) is 5.91 Å². The molecule has 1 saturated carbocycles. The molecule has 2 aromatic carbocycles. The molecular formula is C33H37FN4O5. The number of hydrogen-bond acceptors (Lipinski definition) is 7. The number of amides is 1. The molecule has 0 atom stereocenters. The van der Waals surface area contributed by atoms with Crippen molar-refractivity contribution in [3.63, 3.8) is 0 Å². The van der Waals surface area contributed by atoms with Gasteiger partial charge in [-0.1, -0.05) is 26.8 Å². The van der Waals surface area contributed by atoms with Gasteiger partial charge in [-0.2, -0.15) is 5.10 Å². The number of methoxy groups -OCH3 is 1. The molecule has 2 heterocycles. The first-order valence-electron chi connectivity index (χ1n) is 14.4. The van der Waals surface area contributed by atoms with Crippen LogP contribution in [0.1, 0.15) is 63.5 Å². The molecule has 2 aromatic heterocycles. The van der Waals surface area contributed by atoms with Crippen LogP contribution < -0.4 is 14.8 Å². The number of pyridine rings is 1. The Morgan fingerprint density at radius 3 is 2.49 bits per heavy atom. The third-order valence-electron chi connectivity index (χ3n) is 7.13. The van der Waals surface area contributed by atoms with E-state index in [9.17, 15) is 9.59 Å². The maximum Gasteiger partial charge on any atom is 0.221 e. The Morgan fingerprint density at radius 1 is 1.02 bits per heavy atom. The summed E-state index contributed by atoms with van der Waals surface area (Å²) in [5.41, 5.74) is 3.31. The average Bonchev–Trinajstić information content (AvgIpc) is 3.69. The highest BCUT2D eigenvalue weighted by molar-refractivity contribution is 5.97. The Labute approximate surface area is 250 Å². The fourth-order valence-electron chi connectivity index (χ4n) is 4.79. The lowest BCUT2D eigenvalue weighted by Crippen LogP contribution is -2.13. The molecule has 1 N–H and O–H groups in total. The molecular weight excluding hydrogens is 551 g/mol. The van der Waals surface area contributed by atoms with Gasteiger partial charge in [0.1, 0.15) is 23.9 Å². The number of anilines is 1. The minimum Gasteiger partial charge on any atom is -0.489 e. The fraction of sp³-hybridized carbons (Fsp3) is 0.394. The highest BCUT2D eigenvalue weighted by atomic mass is 19.1. The van der Waals surface area contributed by atoms with Crippen molar-refractivity contribution in [3.8, 4) is 17.2 Å². The molecule has 4 aromatic rings.